The molecule has 0 bridgehead atoms. The number of fused-ring (bicyclic) bond motifs is 1. The Balaban J connectivity index is 1.64. The van der Waals surface area contributed by atoms with Gasteiger partial charge in [-0.05, 0) is 18.6 Å². The van der Waals surface area contributed by atoms with E-state index in [1.165, 1.54) is 0 Å². The monoisotopic (exact) mass is 351 g/mol. The number of anilines is 1. The summed E-state index contributed by atoms with van der Waals surface area (Å²) in [5.41, 5.74) is 0.723. The zero-order chi connectivity index (χ0) is 17.3. The van der Waals surface area contributed by atoms with Crippen LogP contribution in [0, 0.1) is 0 Å². The van der Waals surface area contributed by atoms with Gasteiger partial charge in [0.2, 0.25) is 11.8 Å². The summed E-state index contributed by atoms with van der Waals surface area (Å²) in [5.74, 6) is -1.43. The number of sulfone groups is 1. The largest absolute Gasteiger partial charge is 0.352 e. The van der Waals surface area contributed by atoms with Crippen molar-refractivity contribution >= 4 is 33.2 Å². The first-order valence-electron chi connectivity index (χ1n) is 7.54. The summed E-state index contributed by atoms with van der Waals surface area (Å²) in [5, 5.41) is 7.75. The number of amides is 3. The zero-order valence-corrected chi connectivity index (χ0v) is 13.6. The highest BCUT2D eigenvalue weighted by Gasteiger charge is 2.32. The van der Waals surface area contributed by atoms with E-state index < -0.39 is 39.6 Å². The molecule has 9 heteroatoms. The van der Waals surface area contributed by atoms with Gasteiger partial charge in [-0.15, -0.1) is 0 Å². The van der Waals surface area contributed by atoms with Crippen LogP contribution in [0.3, 0.4) is 0 Å². The fraction of sp³-hybridized carbons (Fsp3) is 0.400. The van der Waals surface area contributed by atoms with E-state index in [1.807, 2.05) is 0 Å². The summed E-state index contributed by atoms with van der Waals surface area (Å²) < 4.78 is 22.8. The maximum absolute atomic E-state index is 12.2. The summed E-state index contributed by atoms with van der Waals surface area (Å²) in [6.45, 7) is 0. The Kier molecular flexibility index (Phi) is 4.27. The van der Waals surface area contributed by atoms with Gasteiger partial charge in [-0.25, -0.2) is 8.42 Å². The van der Waals surface area contributed by atoms with E-state index in [9.17, 15) is 22.8 Å². The van der Waals surface area contributed by atoms with Crippen molar-refractivity contribution in [2.75, 3.05) is 16.8 Å². The van der Waals surface area contributed by atoms with Gasteiger partial charge in [-0.2, -0.15) is 0 Å². The molecule has 2 aliphatic rings. The van der Waals surface area contributed by atoms with E-state index in [0.29, 0.717) is 17.7 Å². The number of nitrogens with one attached hydrogen (secondary N) is 3. The van der Waals surface area contributed by atoms with Crippen LogP contribution in [0.1, 0.15) is 23.2 Å². The van der Waals surface area contributed by atoms with Crippen LogP contribution >= 0.6 is 0 Å². The molecule has 1 aromatic rings. The molecule has 3 amide bonds. The summed E-state index contributed by atoms with van der Waals surface area (Å²) in [6, 6.07) is 5.11. The lowest BCUT2D eigenvalue weighted by molar-refractivity contribution is -0.126. The number of hydrogen-bond donors (Lipinski definition) is 3. The average molecular weight is 351 g/mol. The predicted octanol–water partition coefficient (Wildman–Crippen LogP) is -0.569. The summed E-state index contributed by atoms with van der Waals surface area (Å²) in [6.07, 6.45) is 0.116. The molecule has 1 aromatic carbocycles. The number of benzene rings is 1. The molecule has 0 radical (unpaired) electrons. The first-order chi connectivity index (χ1) is 11.3. The molecule has 0 spiro atoms. The van der Waals surface area contributed by atoms with Gasteiger partial charge in [0, 0.05) is 6.04 Å². The minimum absolute atomic E-state index is 0.0495. The third-order valence-electron chi connectivity index (χ3n) is 4.04. The van der Waals surface area contributed by atoms with Crippen LogP contribution in [-0.4, -0.2) is 49.7 Å². The van der Waals surface area contributed by atoms with Gasteiger partial charge in [0.1, 0.15) is 6.04 Å². The molecule has 2 atom stereocenters. The van der Waals surface area contributed by atoms with E-state index in [0.717, 1.165) is 0 Å². The maximum atomic E-state index is 12.2. The van der Waals surface area contributed by atoms with E-state index in [1.54, 1.807) is 24.3 Å². The number of para-hydroxylation sites is 1. The minimum Gasteiger partial charge on any atom is -0.352 e. The second-order valence-corrected chi connectivity index (χ2v) is 8.16. The topological polar surface area (TPSA) is 121 Å². The summed E-state index contributed by atoms with van der Waals surface area (Å²) >= 11 is 0. The Bertz CT molecular complexity index is 805. The molecule has 2 aliphatic heterocycles. The molecule has 128 valence electrons. The minimum atomic E-state index is -3.10. The lowest BCUT2D eigenvalue weighted by Crippen LogP contribution is -2.46. The molecule has 0 aliphatic carbocycles. The van der Waals surface area contributed by atoms with Crippen molar-refractivity contribution in [3.8, 4) is 0 Å². The van der Waals surface area contributed by atoms with E-state index >= 15 is 0 Å². The quantitative estimate of drug-likeness (QED) is 0.673. The third-order valence-corrected chi connectivity index (χ3v) is 5.81. The fourth-order valence-corrected chi connectivity index (χ4v) is 4.51. The van der Waals surface area contributed by atoms with Crippen LogP contribution in [-0.2, 0) is 19.4 Å². The van der Waals surface area contributed by atoms with Gasteiger partial charge >= 0.3 is 0 Å². The van der Waals surface area contributed by atoms with Crippen molar-refractivity contribution in [1.82, 2.24) is 10.6 Å². The lowest BCUT2D eigenvalue weighted by atomic mass is 10.1. The van der Waals surface area contributed by atoms with Crippen molar-refractivity contribution in [3.63, 3.8) is 0 Å². The molecule has 8 nitrogen and oxygen atoms in total. The van der Waals surface area contributed by atoms with Crippen LogP contribution in [0.2, 0.25) is 0 Å². The molecule has 1 saturated heterocycles. The van der Waals surface area contributed by atoms with Gasteiger partial charge in [0.25, 0.3) is 5.91 Å². The summed E-state index contributed by atoms with van der Waals surface area (Å²) in [7, 11) is -3.10. The van der Waals surface area contributed by atoms with Crippen LogP contribution in [0.15, 0.2) is 24.3 Å². The maximum Gasteiger partial charge on any atom is 0.254 e. The highest BCUT2D eigenvalue weighted by Crippen LogP contribution is 2.19. The third kappa shape index (κ3) is 3.56. The lowest BCUT2D eigenvalue weighted by Gasteiger charge is -2.16. The number of hydrogen-bond acceptors (Lipinski definition) is 5. The predicted molar refractivity (Wildman–Crippen MR) is 86.1 cm³/mol. The van der Waals surface area contributed by atoms with Crippen molar-refractivity contribution in [2.45, 2.75) is 24.9 Å². The van der Waals surface area contributed by atoms with Crippen molar-refractivity contribution in [1.29, 1.82) is 0 Å². The second-order valence-electron chi connectivity index (χ2n) is 5.93. The zero-order valence-electron chi connectivity index (χ0n) is 12.7. The number of rotatable bonds is 3. The van der Waals surface area contributed by atoms with E-state index in [4.69, 9.17) is 0 Å². The van der Waals surface area contributed by atoms with Gasteiger partial charge in [0.05, 0.1) is 29.2 Å². The Labute approximate surface area is 138 Å². The SMILES string of the molecule is O=C(C[C@@H]1NC(=O)c2ccccc2NC1=O)N[C@@H]1CCS(=O)(=O)C1. The Morgan fingerprint density at radius 3 is 2.71 bits per heavy atom. The highest BCUT2D eigenvalue weighted by atomic mass is 32.2. The van der Waals surface area contributed by atoms with Crippen molar-refractivity contribution < 1.29 is 22.8 Å². The molecular formula is C15H17N3O5S. The highest BCUT2D eigenvalue weighted by molar-refractivity contribution is 7.91. The molecule has 3 N–H and O–H groups in total. The van der Waals surface area contributed by atoms with Gasteiger partial charge in [0.15, 0.2) is 9.84 Å². The molecule has 0 unspecified atom stereocenters. The van der Waals surface area contributed by atoms with Gasteiger partial charge in [-0.3, -0.25) is 14.4 Å². The van der Waals surface area contributed by atoms with Crippen LogP contribution < -0.4 is 16.0 Å². The standard InChI is InChI=1S/C15H17N3O5S/c19-13(16-9-5-6-24(22,23)8-9)7-12-15(21)17-11-4-2-1-3-10(11)14(20)18-12/h1-4,9,12H,5-8H2,(H,16,19)(H,17,21)(H,18,20)/t9-,12+/m1/s1. The van der Waals surface area contributed by atoms with Gasteiger partial charge < -0.3 is 16.0 Å². The smallest absolute Gasteiger partial charge is 0.254 e. The fourth-order valence-electron chi connectivity index (χ4n) is 2.84. The van der Waals surface area contributed by atoms with Crippen LogP contribution in [0.4, 0.5) is 5.69 Å². The first-order valence-corrected chi connectivity index (χ1v) is 9.37. The number of carbonyl (C=O) groups is 3. The van der Waals surface area contributed by atoms with E-state index in [2.05, 4.69) is 16.0 Å². The van der Waals surface area contributed by atoms with Crippen molar-refractivity contribution in [2.24, 2.45) is 0 Å². The van der Waals surface area contributed by atoms with E-state index in [-0.39, 0.29) is 17.9 Å². The Morgan fingerprint density at radius 2 is 2.00 bits per heavy atom. The molecule has 2 heterocycles. The molecule has 0 saturated carbocycles. The second kappa shape index (κ2) is 6.23. The molecule has 1 fully saturated rings. The normalized spacial score (nSPS) is 25.2. The Morgan fingerprint density at radius 1 is 1.25 bits per heavy atom. The average Bonchev–Trinajstić information content (AvgIpc) is 2.79. The Hall–Kier alpha value is -2.42. The molecule has 3 rings (SSSR count). The van der Waals surface area contributed by atoms with Crippen LogP contribution in [0.25, 0.3) is 0 Å². The molecule has 0 aromatic heterocycles. The first kappa shape index (κ1) is 16.4. The summed E-state index contributed by atoms with van der Waals surface area (Å²) in [4.78, 5) is 36.4. The van der Waals surface area contributed by atoms with Crippen molar-refractivity contribution in [3.05, 3.63) is 29.8 Å². The molecular weight excluding hydrogens is 334 g/mol. The van der Waals surface area contributed by atoms with Crippen LogP contribution in [0.5, 0.6) is 0 Å². The number of carbonyl (C=O) groups excluding carboxylic acids is 3. The molecule has 24 heavy (non-hydrogen) atoms. The van der Waals surface area contributed by atoms with Gasteiger partial charge in [-0.1, -0.05) is 12.1 Å².